The zero-order valence-electron chi connectivity index (χ0n) is 11.1. The number of benzene rings is 2. The lowest BCUT2D eigenvalue weighted by atomic mass is 9.95. The zero-order chi connectivity index (χ0) is 15.6. The van der Waals surface area contributed by atoms with Gasteiger partial charge in [-0.25, -0.2) is 0 Å². The van der Waals surface area contributed by atoms with Crippen LogP contribution in [0.2, 0.25) is 0 Å². The minimum Gasteiger partial charge on any atom is -0.258 e. The molecular formula is C15H12F3NO2. The molecular weight excluding hydrogens is 283 g/mol. The number of rotatable bonds is 3. The highest BCUT2D eigenvalue weighted by Crippen LogP contribution is 2.34. The highest BCUT2D eigenvalue weighted by atomic mass is 19.4. The van der Waals surface area contributed by atoms with Crippen LogP contribution in [-0.2, 0) is 12.6 Å². The summed E-state index contributed by atoms with van der Waals surface area (Å²) in [7, 11) is 0. The summed E-state index contributed by atoms with van der Waals surface area (Å²) in [6.45, 7) is 1.60. The molecule has 0 aliphatic heterocycles. The van der Waals surface area contributed by atoms with Gasteiger partial charge in [-0.1, -0.05) is 24.3 Å². The fourth-order valence-electron chi connectivity index (χ4n) is 2.19. The molecule has 0 spiro atoms. The maximum atomic E-state index is 13.0. The van der Waals surface area contributed by atoms with Gasteiger partial charge in [-0.15, -0.1) is 0 Å². The van der Waals surface area contributed by atoms with Crippen LogP contribution in [0, 0.1) is 17.0 Å². The molecule has 2 rings (SSSR count). The van der Waals surface area contributed by atoms with E-state index >= 15 is 0 Å². The van der Waals surface area contributed by atoms with Crippen LogP contribution in [0.15, 0.2) is 42.5 Å². The van der Waals surface area contributed by atoms with Gasteiger partial charge in [0, 0.05) is 12.1 Å². The second-order valence-electron chi connectivity index (χ2n) is 4.70. The molecule has 0 N–H and O–H groups in total. The van der Waals surface area contributed by atoms with E-state index in [0.717, 1.165) is 6.07 Å². The van der Waals surface area contributed by atoms with Crippen molar-refractivity contribution in [2.24, 2.45) is 0 Å². The first-order valence-electron chi connectivity index (χ1n) is 6.18. The van der Waals surface area contributed by atoms with Crippen molar-refractivity contribution in [2.75, 3.05) is 0 Å². The lowest BCUT2D eigenvalue weighted by Gasteiger charge is -2.15. The number of aryl methyl sites for hydroxylation is 1. The number of alkyl halides is 3. The maximum absolute atomic E-state index is 13.0. The summed E-state index contributed by atoms with van der Waals surface area (Å²) in [5, 5.41) is 10.7. The first-order chi connectivity index (χ1) is 9.79. The van der Waals surface area contributed by atoms with Crippen LogP contribution in [0.4, 0.5) is 18.9 Å². The highest BCUT2D eigenvalue weighted by Gasteiger charge is 2.33. The third-order valence-corrected chi connectivity index (χ3v) is 3.22. The molecule has 0 heterocycles. The molecule has 0 unspecified atom stereocenters. The quantitative estimate of drug-likeness (QED) is 0.617. The molecule has 0 saturated heterocycles. The average Bonchev–Trinajstić information content (AvgIpc) is 2.40. The molecule has 2 aromatic carbocycles. The number of non-ortho nitro benzene ring substituents is 1. The predicted molar refractivity (Wildman–Crippen MR) is 72.1 cm³/mol. The Morgan fingerprint density at radius 3 is 2.43 bits per heavy atom. The van der Waals surface area contributed by atoms with Gasteiger partial charge < -0.3 is 0 Å². The number of halogens is 3. The minimum atomic E-state index is -4.44. The van der Waals surface area contributed by atoms with E-state index < -0.39 is 16.7 Å². The van der Waals surface area contributed by atoms with E-state index in [1.54, 1.807) is 19.1 Å². The molecule has 0 saturated carbocycles. The Morgan fingerprint density at radius 1 is 1.14 bits per heavy atom. The topological polar surface area (TPSA) is 43.1 Å². The first-order valence-corrected chi connectivity index (χ1v) is 6.18. The summed E-state index contributed by atoms with van der Waals surface area (Å²) in [5.41, 5.74) is 0.300. The smallest absolute Gasteiger partial charge is 0.258 e. The Bertz CT molecular complexity index is 681. The van der Waals surface area contributed by atoms with Gasteiger partial charge in [0.1, 0.15) is 0 Å². The summed E-state index contributed by atoms with van der Waals surface area (Å²) in [6.07, 6.45) is -4.44. The molecule has 0 bridgehead atoms. The summed E-state index contributed by atoms with van der Waals surface area (Å²) >= 11 is 0. The number of nitro groups is 1. The summed E-state index contributed by atoms with van der Waals surface area (Å²) in [4.78, 5) is 10.2. The summed E-state index contributed by atoms with van der Waals surface area (Å²) in [5.74, 6) is 0. The molecule has 0 aliphatic rings. The van der Waals surface area contributed by atoms with E-state index in [0.29, 0.717) is 11.1 Å². The van der Waals surface area contributed by atoms with Crippen molar-refractivity contribution < 1.29 is 18.1 Å². The largest absolute Gasteiger partial charge is 0.416 e. The van der Waals surface area contributed by atoms with E-state index in [9.17, 15) is 23.3 Å². The van der Waals surface area contributed by atoms with Gasteiger partial charge in [0.15, 0.2) is 0 Å². The molecule has 3 nitrogen and oxygen atoms in total. The van der Waals surface area contributed by atoms with Crippen molar-refractivity contribution in [3.8, 4) is 0 Å². The molecule has 0 radical (unpaired) electrons. The van der Waals surface area contributed by atoms with Gasteiger partial charge in [-0.2, -0.15) is 13.2 Å². The fraction of sp³-hybridized carbons (Fsp3) is 0.200. The third-order valence-electron chi connectivity index (χ3n) is 3.22. The van der Waals surface area contributed by atoms with Crippen LogP contribution in [-0.4, -0.2) is 4.92 Å². The fourth-order valence-corrected chi connectivity index (χ4v) is 2.19. The van der Waals surface area contributed by atoms with Crippen molar-refractivity contribution in [1.29, 1.82) is 0 Å². The molecule has 21 heavy (non-hydrogen) atoms. The van der Waals surface area contributed by atoms with Gasteiger partial charge >= 0.3 is 6.18 Å². The molecule has 0 amide bonds. The van der Waals surface area contributed by atoms with E-state index in [-0.39, 0.29) is 17.7 Å². The zero-order valence-corrected chi connectivity index (χ0v) is 11.1. The van der Waals surface area contributed by atoms with Crippen molar-refractivity contribution in [2.45, 2.75) is 19.5 Å². The molecule has 6 heteroatoms. The second kappa shape index (κ2) is 5.55. The number of nitrogens with zero attached hydrogens (tertiary/aromatic N) is 1. The molecule has 110 valence electrons. The molecule has 0 aromatic heterocycles. The second-order valence-corrected chi connectivity index (χ2v) is 4.70. The first kappa shape index (κ1) is 15.0. The highest BCUT2D eigenvalue weighted by molar-refractivity contribution is 5.42. The predicted octanol–water partition coefficient (Wildman–Crippen LogP) is 4.51. The summed E-state index contributed by atoms with van der Waals surface area (Å²) < 4.78 is 39.1. The summed E-state index contributed by atoms with van der Waals surface area (Å²) in [6, 6.07) is 9.65. The Balaban J connectivity index is 2.44. The number of hydrogen-bond acceptors (Lipinski definition) is 2. The van der Waals surface area contributed by atoms with E-state index in [1.165, 1.54) is 24.3 Å². The maximum Gasteiger partial charge on any atom is 0.416 e. The van der Waals surface area contributed by atoms with Gasteiger partial charge in [0.05, 0.1) is 10.5 Å². The molecule has 0 atom stereocenters. The monoisotopic (exact) mass is 295 g/mol. The van der Waals surface area contributed by atoms with E-state index in [1.807, 2.05) is 0 Å². The van der Waals surface area contributed by atoms with Crippen LogP contribution >= 0.6 is 0 Å². The normalized spacial score (nSPS) is 11.4. The SMILES string of the molecule is Cc1cccc(C(F)(F)F)c1Cc1cccc([N+](=O)[O-])c1. The van der Waals surface area contributed by atoms with E-state index in [4.69, 9.17) is 0 Å². The Morgan fingerprint density at radius 2 is 1.81 bits per heavy atom. The van der Waals surface area contributed by atoms with Crippen LogP contribution in [0.3, 0.4) is 0 Å². The van der Waals surface area contributed by atoms with Crippen LogP contribution in [0.25, 0.3) is 0 Å². The molecule has 0 fully saturated rings. The Hall–Kier alpha value is -2.37. The number of hydrogen-bond donors (Lipinski definition) is 0. The van der Waals surface area contributed by atoms with Crippen LogP contribution < -0.4 is 0 Å². The van der Waals surface area contributed by atoms with Crippen LogP contribution in [0.5, 0.6) is 0 Å². The Labute approximate surface area is 119 Å². The van der Waals surface area contributed by atoms with Gasteiger partial charge in [0.25, 0.3) is 5.69 Å². The van der Waals surface area contributed by atoms with Crippen molar-refractivity contribution >= 4 is 5.69 Å². The number of nitro benzene ring substituents is 1. The lowest BCUT2D eigenvalue weighted by Crippen LogP contribution is -2.10. The average molecular weight is 295 g/mol. The lowest BCUT2D eigenvalue weighted by molar-refractivity contribution is -0.384. The van der Waals surface area contributed by atoms with Crippen molar-refractivity contribution in [3.63, 3.8) is 0 Å². The molecule has 0 aliphatic carbocycles. The van der Waals surface area contributed by atoms with Crippen LogP contribution in [0.1, 0.15) is 22.3 Å². The molecule has 2 aromatic rings. The standard InChI is InChI=1S/C15H12F3NO2/c1-10-4-2-7-14(15(16,17)18)13(10)9-11-5-3-6-12(8-11)19(20)21/h2-8H,9H2,1H3. The third kappa shape index (κ3) is 3.39. The van der Waals surface area contributed by atoms with Gasteiger partial charge in [-0.05, 0) is 36.1 Å². The minimum absolute atomic E-state index is 0.00317. The van der Waals surface area contributed by atoms with Crippen molar-refractivity contribution in [1.82, 2.24) is 0 Å². The van der Waals surface area contributed by atoms with Gasteiger partial charge in [0.2, 0.25) is 0 Å². The van der Waals surface area contributed by atoms with Crippen molar-refractivity contribution in [3.05, 3.63) is 74.8 Å². The van der Waals surface area contributed by atoms with E-state index in [2.05, 4.69) is 0 Å². The van der Waals surface area contributed by atoms with Gasteiger partial charge in [-0.3, -0.25) is 10.1 Å². The Kier molecular flexibility index (Phi) is 3.97.